The second-order valence-corrected chi connectivity index (χ2v) is 4.08. The molecule has 0 aromatic carbocycles. The van der Waals surface area contributed by atoms with Gasteiger partial charge in [0.25, 0.3) is 0 Å². The van der Waals surface area contributed by atoms with E-state index in [0.717, 1.165) is 19.5 Å². The SMILES string of the molecule is CCN(CCC(C)(C)C#N)CC(N)=O. The van der Waals surface area contributed by atoms with Gasteiger partial charge in [0.05, 0.1) is 18.0 Å². The van der Waals surface area contributed by atoms with E-state index in [1.165, 1.54) is 0 Å². The number of carbonyl (C=O) groups is 1. The van der Waals surface area contributed by atoms with E-state index in [2.05, 4.69) is 6.07 Å². The standard InChI is InChI=1S/C10H19N3O/c1-4-13(7-9(12)14)6-5-10(2,3)8-11/h4-7H2,1-3H3,(H2,12,14). The second kappa shape index (κ2) is 5.61. The molecule has 0 radical (unpaired) electrons. The number of primary amides is 1. The molecule has 1 amide bonds. The summed E-state index contributed by atoms with van der Waals surface area (Å²) in [5.74, 6) is -0.318. The molecule has 0 fully saturated rings. The van der Waals surface area contributed by atoms with Crippen molar-refractivity contribution in [3.8, 4) is 6.07 Å². The molecule has 0 aliphatic rings. The third-order valence-electron chi connectivity index (χ3n) is 2.18. The molecule has 0 aromatic heterocycles. The van der Waals surface area contributed by atoms with Gasteiger partial charge in [-0.05, 0) is 26.8 Å². The minimum atomic E-state index is -0.328. The molecular formula is C10H19N3O. The van der Waals surface area contributed by atoms with Crippen LogP contribution in [0.15, 0.2) is 0 Å². The molecule has 14 heavy (non-hydrogen) atoms. The molecule has 0 bridgehead atoms. The van der Waals surface area contributed by atoms with Gasteiger partial charge in [-0.1, -0.05) is 6.92 Å². The van der Waals surface area contributed by atoms with Gasteiger partial charge >= 0.3 is 0 Å². The quantitative estimate of drug-likeness (QED) is 0.682. The molecule has 0 aromatic rings. The van der Waals surface area contributed by atoms with Crippen LogP contribution in [-0.4, -0.2) is 30.4 Å². The van der Waals surface area contributed by atoms with Gasteiger partial charge in [0, 0.05) is 6.54 Å². The molecule has 0 saturated carbocycles. The third kappa shape index (κ3) is 5.55. The van der Waals surface area contributed by atoms with Crippen LogP contribution >= 0.6 is 0 Å². The number of likely N-dealkylation sites (N-methyl/N-ethyl adjacent to an activating group) is 1. The van der Waals surface area contributed by atoms with Crippen molar-refractivity contribution in [3.05, 3.63) is 0 Å². The largest absolute Gasteiger partial charge is 0.369 e. The minimum Gasteiger partial charge on any atom is -0.369 e. The summed E-state index contributed by atoms with van der Waals surface area (Å²) in [6.07, 6.45) is 0.755. The van der Waals surface area contributed by atoms with Crippen LogP contribution < -0.4 is 5.73 Å². The monoisotopic (exact) mass is 197 g/mol. The van der Waals surface area contributed by atoms with Crippen LogP contribution in [0.1, 0.15) is 27.2 Å². The van der Waals surface area contributed by atoms with Crippen LogP contribution in [-0.2, 0) is 4.79 Å². The van der Waals surface area contributed by atoms with Crippen LogP contribution in [0.25, 0.3) is 0 Å². The summed E-state index contributed by atoms with van der Waals surface area (Å²) in [5, 5.41) is 8.80. The molecule has 0 heterocycles. The van der Waals surface area contributed by atoms with Crippen LogP contribution in [0, 0.1) is 16.7 Å². The van der Waals surface area contributed by atoms with Crippen molar-refractivity contribution in [3.63, 3.8) is 0 Å². The molecule has 2 N–H and O–H groups in total. The molecule has 4 heteroatoms. The molecule has 0 unspecified atom stereocenters. The normalized spacial score (nSPS) is 11.4. The van der Waals surface area contributed by atoms with Crippen molar-refractivity contribution in [1.29, 1.82) is 5.26 Å². The fourth-order valence-electron chi connectivity index (χ4n) is 1.06. The Bertz CT molecular complexity index is 230. The molecule has 0 aliphatic heterocycles. The Balaban J connectivity index is 3.97. The van der Waals surface area contributed by atoms with E-state index in [1.54, 1.807) is 0 Å². The summed E-state index contributed by atoms with van der Waals surface area (Å²) in [6, 6.07) is 2.23. The van der Waals surface area contributed by atoms with Crippen molar-refractivity contribution in [2.45, 2.75) is 27.2 Å². The third-order valence-corrected chi connectivity index (χ3v) is 2.18. The van der Waals surface area contributed by atoms with Crippen LogP contribution in [0.2, 0.25) is 0 Å². The average Bonchev–Trinajstić information content (AvgIpc) is 2.12. The summed E-state index contributed by atoms with van der Waals surface area (Å²) in [6.45, 7) is 7.56. The Morgan fingerprint density at radius 1 is 1.57 bits per heavy atom. The molecular weight excluding hydrogens is 178 g/mol. The van der Waals surface area contributed by atoms with Gasteiger partial charge < -0.3 is 5.73 Å². The van der Waals surface area contributed by atoms with Crippen molar-refractivity contribution in [2.75, 3.05) is 19.6 Å². The number of hydrogen-bond acceptors (Lipinski definition) is 3. The van der Waals surface area contributed by atoms with Gasteiger partial charge in [0.2, 0.25) is 5.91 Å². The molecule has 4 nitrogen and oxygen atoms in total. The number of carbonyl (C=O) groups excluding carboxylic acids is 1. The van der Waals surface area contributed by atoms with Crippen molar-refractivity contribution in [1.82, 2.24) is 4.90 Å². The highest BCUT2D eigenvalue weighted by atomic mass is 16.1. The Labute approximate surface area is 85.7 Å². The Kier molecular flexibility index (Phi) is 5.18. The molecule has 0 rings (SSSR count). The zero-order valence-corrected chi connectivity index (χ0v) is 9.21. The number of rotatable bonds is 6. The zero-order chi connectivity index (χ0) is 11.2. The maximum absolute atomic E-state index is 10.7. The smallest absolute Gasteiger partial charge is 0.231 e. The lowest BCUT2D eigenvalue weighted by Crippen LogP contribution is -2.35. The van der Waals surface area contributed by atoms with Gasteiger partial charge in [-0.15, -0.1) is 0 Å². The number of nitriles is 1. The summed E-state index contributed by atoms with van der Waals surface area (Å²) >= 11 is 0. The van der Waals surface area contributed by atoms with Crippen molar-refractivity contribution < 1.29 is 4.79 Å². The van der Waals surface area contributed by atoms with Crippen LogP contribution in [0.4, 0.5) is 0 Å². The Morgan fingerprint density at radius 3 is 2.50 bits per heavy atom. The predicted octanol–water partition coefficient (Wildman–Crippen LogP) is 0.733. The molecule has 0 aliphatic carbocycles. The zero-order valence-electron chi connectivity index (χ0n) is 9.21. The number of nitrogens with zero attached hydrogens (tertiary/aromatic N) is 2. The number of amides is 1. The number of nitrogens with two attached hydrogens (primary N) is 1. The van der Waals surface area contributed by atoms with Crippen molar-refractivity contribution in [2.24, 2.45) is 11.1 Å². The summed E-state index contributed by atoms with van der Waals surface area (Å²) < 4.78 is 0. The maximum atomic E-state index is 10.7. The molecule has 0 atom stereocenters. The first kappa shape index (κ1) is 12.9. The molecule has 80 valence electrons. The first-order valence-corrected chi connectivity index (χ1v) is 4.83. The molecule has 0 spiro atoms. The second-order valence-electron chi connectivity index (χ2n) is 4.08. The highest BCUT2D eigenvalue weighted by molar-refractivity contribution is 5.75. The van der Waals surface area contributed by atoms with Gasteiger partial charge in [-0.2, -0.15) is 5.26 Å². The summed E-state index contributed by atoms with van der Waals surface area (Å²) in [4.78, 5) is 12.6. The minimum absolute atomic E-state index is 0.276. The van der Waals surface area contributed by atoms with Gasteiger partial charge in [0.15, 0.2) is 0 Å². The molecule has 0 saturated heterocycles. The topological polar surface area (TPSA) is 70.1 Å². The lowest BCUT2D eigenvalue weighted by Gasteiger charge is -2.22. The fraction of sp³-hybridized carbons (Fsp3) is 0.800. The van der Waals surface area contributed by atoms with Gasteiger partial charge in [-0.3, -0.25) is 9.69 Å². The van der Waals surface area contributed by atoms with Crippen LogP contribution in [0.3, 0.4) is 0 Å². The van der Waals surface area contributed by atoms with Crippen molar-refractivity contribution >= 4 is 5.91 Å². The lowest BCUT2D eigenvalue weighted by molar-refractivity contribution is -0.119. The number of hydrogen-bond donors (Lipinski definition) is 1. The van der Waals surface area contributed by atoms with E-state index in [1.807, 2.05) is 25.7 Å². The lowest BCUT2D eigenvalue weighted by atomic mass is 9.91. The van der Waals surface area contributed by atoms with E-state index in [0.29, 0.717) is 0 Å². The Morgan fingerprint density at radius 2 is 2.14 bits per heavy atom. The first-order chi connectivity index (χ1) is 6.41. The summed E-state index contributed by atoms with van der Waals surface area (Å²) in [7, 11) is 0. The highest BCUT2D eigenvalue weighted by Gasteiger charge is 2.18. The van der Waals surface area contributed by atoms with Gasteiger partial charge in [0.1, 0.15) is 0 Å². The fourth-order valence-corrected chi connectivity index (χ4v) is 1.06. The van der Waals surface area contributed by atoms with E-state index >= 15 is 0 Å². The van der Waals surface area contributed by atoms with E-state index in [9.17, 15) is 4.79 Å². The van der Waals surface area contributed by atoms with Gasteiger partial charge in [-0.25, -0.2) is 0 Å². The predicted molar refractivity (Wildman–Crippen MR) is 55.3 cm³/mol. The highest BCUT2D eigenvalue weighted by Crippen LogP contribution is 2.18. The first-order valence-electron chi connectivity index (χ1n) is 4.83. The van der Waals surface area contributed by atoms with Crippen LogP contribution in [0.5, 0.6) is 0 Å². The summed E-state index contributed by atoms with van der Waals surface area (Å²) in [5.41, 5.74) is 4.77. The average molecular weight is 197 g/mol. The van der Waals surface area contributed by atoms with E-state index in [4.69, 9.17) is 11.0 Å². The Hall–Kier alpha value is -1.08. The maximum Gasteiger partial charge on any atom is 0.231 e. The van der Waals surface area contributed by atoms with E-state index in [-0.39, 0.29) is 17.9 Å². The van der Waals surface area contributed by atoms with E-state index < -0.39 is 0 Å².